The van der Waals surface area contributed by atoms with Gasteiger partial charge >= 0.3 is 0 Å². The van der Waals surface area contributed by atoms with Gasteiger partial charge in [0.1, 0.15) is 0 Å². The number of nitrogens with two attached hydrogens (primary N) is 1. The van der Waals surface area contributed by atoms with Crippen LogP contribution in [0.2, 0.25) is 0 Å². The fourth-order valence-corrected chi connectivity index (χ4v) is 4.02. The second-order valence-corrected chi connectivity index (χ2v) is 6.46. The summed E-state index contributed by atoms with van der Waals surface area (Å²) < 4.78 is 1.21. The third kappa shape index (κ3) is 2.81. The van der Waals surface area contributed by atoms with Crippen LogP contribution in [-0.2, 0) is 6.42 Å². The standard InChI is InChI=1S/C15H22BrN3/c16-14-10-12(5-6-17)3-4-15(14)19-9-8-18-7-1-2-13(18)11-19/h3-4,10,13H,1-2,5-9,11,17H2. The molecule has 1 aromatic carbocycles. The number of nitrogens with zero attached hydrogens (tertiary/aromatic N) is 2. The highest BCUT2D eigenvalue weighted by atomic mass is 79.9. The minimum atomic E-state index is 0.715. The van der Waals surface area contributed by atoms with Crippen LogP contribution in [0.15, 0.2) is 22.7 Å². The number of piperazine rings is 1. The molecule has 2 N–H and O–H groups in total. The number of anilines is 1. The highest BCUT2D eigenvalue weighted by Gasteiger charge is 2.31. The van der Waals surface area contributed by atoms with E-state index in [4.69, 9.17) is 5.73 Å². The molecular formula is C15H22BrN3. The summed E-state index contributed by atoms with van der Waals surface area (Å²) in [6, 6.07) is 7.46. The van der Waals surface area contributed by atoms with E-state index in [0.29, 0.717) is 6.54 Å². The highest BCUT2D eigenvalue weighted by Crippen LogP contribution is 2.31. The predicted molar refractivity (Wildman–Crippen MR) is 83.7 cm³/mol. The van der Waals surface area contributed by atoms with E-state index in [-0.39, 0.29) is 0 Å². The van der Waals surface area contributed by atoms with Crippen molar-refractivity contribution < 1.29 is 0 Å². The summed E-state index contributed by atoms with van der Waals surface area (Å²) in [5.41, 5.74) is 8.28. The number of halogens is 1. The molecule has 1 unspecified atom stereocenters. The zero-order valence-electron chi connectivity index (χ0n) is 11.3. The molecule has 0 bridgehead atoms. The Morgan fingerprint density at radius 3 is 2.95 bits per heavy atom. The first kappa shape index (κ1) is 13.4. The Morgan fingerprint density at radius 1 is 1.26 bits per heavy atom. The number of fused-ring (bicyclic) bond motifs is 1. The maximum absolute atomic E-state index is 5.62. The lowest BCUT2D eigenvalue weighted by Crippen LogP contribution is -2.50. The van der Waals surface area contributed by atoms with Gasteiger partial charge in [-0.15, -0.1) is 0 Å². The quantitative estimate of drug-likeness (QED) is 0.925. The van der Waals surface area contributed by atoms with Gasteiger partial charge in [0.15, 0.2) is 0 Å². The number of benzene rings is 1. The Balaban J connectivity index is 1.75. The van der Waals surface area contributed by atoms with Crippen LogP contribution in [0.4, 0.5) is 5.69 Å². The summed E-state index contributed by atoms with van der Waals surface area (Å²) in [4.78, 5) is 5.18. The Labute approximate surface area is 123 Å². The molecule has 0 aliphatic carbocycles. The van der Waals surface area contributed by atoms with Crippen LogP contribution in [0.3, 0.4) is 0 Å². The summed E-state index contributed by atoms with van der Waals surface area (Å²) in [5.74, 6) is 0. The van der Waals surface area contributed by atoms with Crippen LogP contribution >= 0.6 is 15.9 Å². The normalized spacial score (nSPS) is 23.7. The van der Waals surface area contributed by atoms with E-state index in [1.54, 1.807) is 0 Å². The molecule has 1 atom stereocenters. The summed E-state index contributed by atoms with van der Waals surface area (Å²) in [6.45, 7) is 5.55. The summed E-state index contributed by atoms with van der Waals surface area (Å²) in [6.07, 6.45) is 3.68. The zero-order valence-corrected chi connectivity index (χ0v) is 12.9. The molecule has 2 aliphatic rings. The van der Waals surface area contributed by atoms with Crippen LogP contribution in [-0.4, -0.2) is 43.7 Å². The van der Waals surface area contributed by atoms with Crippen LogP contribution in [0.25, 0.3) is 0 Å². The molecule has 2 aliphatic heterocycles. The van der Waals surface area contributed by atoms with Crippen molar-refractivity contribution in [1.29, 1.82) is 0 Å². The van der Waals surface area contributed by atoms with Gasteiger partial charge in [0, 0.05) is 30.1 Å². The van der Waals surface area contributed by atoms with Gasteiger partial charge in [-0.1, -0.05) is 6.07 Å². The fraction of sp³-hybridized carbons (Fsp3) is 0.600. The molecule has 19 heavy (non-hydrogen) atoms. The largest absolute Gasteiger partial charge is 0.368 e. The Hall–Kier alpha value is -0.580. The number of hydrogen-bond acceptors (Lipinski definition) is 3. The second kappa shape index (κ2) is 5.81. The molecule has 3 rings (SSSR count). The number of hydrogen-bond donors (Lipinski definition) is 1. The maximum Gasteiger partial charge on any atom is 0.0511 e. The topological polar surface area (TPSA) is 32.5 Å². The lowest BCUT2D eigenvalue weighted by molar-refractivity contribution is 0.231. The van der Waals surface area contributed by atoms with Gasteiger partial charge in [0.05, 0.1) is 5.69 Å². The lowest BCUT2D eigenvalue weighted by Gasteiger charge is -2.39. The highest BCUT2D eigenvalue weighted by molar-refractivity contribution is 9.10. The monoisotopic (exact) mass is 323 g/mol. The van der Waals surface area contributed by atoms with Crippen molar-refractivity contribution in [3.63, 3.8) is 0 Å². The molecule has 2 saturated heterocycles. The van der Waals surface area contributed by atoms with Crippen molar-refractivity contribution in [2.45, 2.75) is 25.3 Å². The smallest absolute Gasteiger partial charge is 0.0511 e. The molecule has 0 saturated carbocycles. The Bertz CT molecular complexity index is 449. The Morgan fingerprint density at radius 2 is 2.16 bits per heavy atom. The minimum absolute atomic E-state index is 0.715. The van der Waals surface area contributed by atoms with Crippen LogP contribution in [0.5, 0.6) is 0 Å². The fourth-order valence-electron chi connectivity index (χ4n) is 3.34. The SMILES string of the molecule is NCCc1ccc(N2CCN3CCCC3C2)c(Br)c1. The van der Waals surface area contributed by atoms with Gasteiger partial charge in [0.2, 0.25) is 0 Å². The van der Waals surface area contributed by atoms with Crippen LogP contribution < -0.4 is 10.6 Å². The zero-order chi connectivity index (χ0) is 13.2. The average Bonchev–Trinajstić information content (AvgIpc) is 2.86. The van der Waals surface area contributed by atoms with E-state index < -0.39 is 0 Å². The van der Waals surface area contributed by atoms with E-state index in [2.05, 4.69) is 43.9 Å². The van der Waals surface area contributed by atoms with Crippen molar-refractivity contribution in [3.05, 3.63) is 28.2 Å². The van der Waals surface area contributed by atoms with Gasteiger partial charge in [-0.2, -0.15) is 0 Å². The third-order valence-corrected chi connectivity index (χ3v) is 5.01. The van der Waals surface area contributed by atoms with Crippen molar-refractivity contribution >= 4 is 21.6 Å². The van der Waals surface area contributed by atoms with Crippen molar-refractivity contribution in [2.75, 3.05) is 37.6 Å². The molecule has 0 amide bonds. The molecule has 104 valence electrons. The van der Waals surface area contributed by atoms with Gasteiger partial charge in [-0.05, 0) is 66.0 Å². The predicted octanol–water partition coefficient (Wildman–Crippen LogP) is 2.23. The molecule has 2 fully saturated rings. The summed E-state index contributed by atoms with van der Waals surface area (Å²) in [7, 11) is 0. The van der Waals surface area contributed by atoms with E-state index >= 15 is 0 Å². The van der Waals surface area contributed by atoms with Crippen molar-refractivity contribution in [2.24, 2.45) is 5.73 Å². The second-order valence-electron chi connectivity index (χ2n) is 5.60. The Kier molecular flexibility index (Phi) is 4.10. The van der Waals surface area contributed by atoms with Gasteiger partial charge in [0.25, 0.3) is 0 Å². The first-order valence-corrected chi connectivity index (χ1v) is 8.05. The van der Waals surface area contributed by atoms with E-state index in [9.17, 15) is 0 Å². The van der Waals surface area contributed by atoms with Crippen LogP contribution in [0.1, 0.15) is 18.4 Å². The van der Waals surface area contributed by atoms with Gasteiger partial charge in [-0.3, -0.25) is 4.90 Å². The molecular weight excluding hydrogens is 302 g/mol. The van der Waals surface area contributed by atoms with E-state index in [0.717, 1.165) is 19.0 Å². The minimum Gasteiger partial charge on any atom is -0.368 e. The average molecular weight is 324 g/mol. The molecule has 3 nitrogen and oxygen atoms in total. The molecule has 0 radical (unpaired) electrons. The summed E-state index contributed by atoms with van der Waals surface area (Å²) >= 11 is 3.73. The maximum atomic E-state index is 5.62. The molecule has 2 heterocycles. The molecule has 0 aromatic heterocycles. The van der Waals surface area contributed by atoms with Crippen molar-refractivity contribution in [1.82, 2.24) is 4.90 Å². The lowest BCUT2D eigenvalue weighted by atomic mass is 10.1. The van der Waals surface area contributed by atoms with E-state index in [1.807, 2.05) is 0 Å². The third-order valence-electron chi connectivity index (χ3n) is 4.37. The molecule has 4 heteroatoms. The molecule has 1 aromatic rings. The summed E-state index contributed by atoms with van der Waals surface area (Å²) in [5, 5.41) is 0. The first-order chi connectivity index (χ1) is 9.28. The van der Waals surface area contributed by atoms with Gasteiger partial charge < -0.3 is 10.6 Å². The first-order valence-electron chi connectivity index (χ1n) is 7.25. The number of rotatable bonds is 3. The van der Waals surface area contributed by atoms with E-state index in [1.165, 1.54) is 48.2 Å². The molecule has 0 spiro atoms. The van der Waals surface area contributed by atoms with Crippen molar-refractivity contribution in [3.8, 4) is 0 Å². The van der Waals surface area contributed by atoms with Crippen LogP contribution in [0, 0.1) is 0 Å². The van der Waals surface area contributed by atoms with Gasteiger partial charge in [-0.25, -0.2) is 0 Å².